The molecular formula is C25H22Cl2N8O2. The van der Waals surface area contributed by atoms with Crippen LogP contribution in [0.3, 0.4) is 0 Å². The minimum absolute atomic E-state index is 0.0906. The van der Waals surface area contributed by atoms with Crippen LogP contribution in [-0.2, 0) is 11.2 Å². The SMILES string of the molecule is N#Cc1ccc(CCCNc2nc(-c3ccc(Cl)cc3Cl)cc3nc(C(=O)N4CCOCC4)nn23)nc1. The second-order valence-electron chi connectivity index (χ2n) is 8.38. The van der Waals surface area contributed by atoms with Crippen molar-refractivity contribution < 1.29 is 9.53 Å². The van der Waals surface area contributed by atoms with Crippen molar-refractivity contribution >= 4 is 40.7 Å². The maximum absolute atomic E-state index is 13.0. The van der Waals surface area contributed by atoms with Crippen molar-refractivity contribution in [2.45, 2.75) is 12.8 Å². The van der Waals surface area contributed by atoms with Crippen LogP contribution in [0, 0.1) is 11.3 Å². The summed E-state index contributed by atoms with van der Waals surface area (Å²) in [5.74, 6) is 0.267. The summed E-state index contributed by atoms with van der Waals surface area (Å²) in [6.07, 6.45) is 3.03. The van der Waals surface area contributed by atoms with Gasteiger partial charge in [-0.3, -0.25) is 9.78 Å². The molecule has 1 N–H and O–H groups in total. The quantitative estimate of drug-likeness (QED) is 0.353. The second-order valence-corrected chi connectivity index (χ2v) is 9.22. The number of pyridine rings is 1. The van der Waals surface area contributed by atoms with E-state index in [9.17, 15) is 4.79 Å². The molecule has 4 aromatic rings. The monoisotopic (exact) mass is 536 g/mol. The molecule has 0 saturated carbocycles. The smallest absolute Gasteiger partial charge is 0.293 e. The molecule has 1 aliphatic rings. The Morgan fingerprint density at radius 3 is 2.70 bits per heavy atom. The molecule has 3 aromatic heterocycles. The lowest BCUT2D eigenvalue weighted by Crippen LogP contribution is -2.41. The van der Waals surface area contributed by atoms with Crippen molar-refractivity contribution in [1.82, 2.24) is 29.5 Å². The van der Waals surface area contributed by atoms with E-state index in [1.807, 2.05) is 6.07 Å². The zero-order valence-corrected chi connectivity index (χ0v) is 21.2. The first-order valence-corrected chi connectivity index (χ1v) is 12.5. The summed E-state index contributed by atoms with van der Waals surface area (Å²) in [4.78, 5) is 28.3. The Hall–Kier alpha value is -3.78. The Bertz CT molecular complexity index is 1480. The van der Waals surface area contributed by atoms with Gasteiger partial charge in [0.15, 0.2) is 5.65 Å². The standard InChI is InChI=1S/C25H22Cl2N8O2/c26-17-4-6-19(20(27)12-17)21-13-22-32-23(24(36)34-8-10-37-11-9-34)33-35(22)25(31-21)29-7-1-2-18-5-3-16(14-28)15-30-18/h3-6,12-13,15H,1-2,7-11H2,(H,29,31). The average molecular weight is 537 g/mol. The molecule has 0 spiro atoms. The number of amides is 1. The number of hydrogen-bond donors (Lipinski definition) is 1. The number of aromatic nitrogens is 5. The van der Waals surface area contributed by atoms with Gasteiger partial charge < -0.3 is 15.0 Å². The molecule has 0 aliphatic carbocycles. The first-order chi connectivity index (χ1) is 18.0. The van der Waals surface area contributed by atoms with Gasteiger partial charge in [-0.05, 0) is 43.2 Å². The summed E-state index contributed by atoms with van der Waals surface area (Å²) in [7, 11) is 0. The molecule has 1 aromatic carbocycles. The molecule has 0 unspecified atom stereocenters. The van der Waals surface area contributed by atoms with Gasteiger partial charge in [0.1, 0.15) is 6.07 Å². The van der Waals surface area contributed by atoms with Crippen LogP contribution in [0.1, 0.15) is 28.3 Å². The zero-order chi connectivity index (χ0) is 25.8. The largest absolute Gasteiger partial charge is 0.378 e. The van der Waals surface area contributed by atoms with Crippen molar-refractivity contribution in [2.75, 3.05) is 38.2 Å². The van der Waals surface area contributed by atoms with Crippen LogP contribution in [-0.4, -0.2) is 68.2 Å². The third-order valence-corrected chi connectivity index (χ3v) is 6.42. The van der Waals surface area contributed by atoms with Gasteiger partial charge in [0.05, 0.1) is 29.5 Å². The molecule has 0 radical (unpaired) electrons. The van der Waals surface area contributed by atoms with Crippen molar-refractivity contribution in [2.24, 2.45) is 0 Å². The lowest BCUT2D eigenvalue weighted by atomic mass is 10.1. The summed E-state index contributed by atoms with van der Waals surface area (Å²) in [6, 6.07) is 12.6. The number of aryl methyl sites for hydroxylation is 1. The Labute approximate surface area is 222 Å². The van der Waals surface area contributed by atoms with E-state index in [2.05, 4.69) is 26.5 Å². The fourth-order valence-corrected chi connectivity index (χ4v) is 4.45. The Kier molecular flexibility index (Phi) is 7.46. The molecular weight excluding hydrogens is 515 g/mol. The summed E-state index contributed by atoms with van der Waals surface area (Å²) in [6.45, 7) is 2.52. The number of hydrogen-bond acceptors (Lipinski definition) is 8. The lowest BCUT2D eigenvalue weighted by Gasteiger charge is -2.25. The Morgan fingerprint density at radius 1 is 1.14 bits per heavy atom. The van der Waals surface area contributed by atoms with Crippen molar-refractivity contribution in [3.63, 3.8) is 0 Å². The number of morpholine rings is 1. The lowest BCUT2D eigenvalue weighted by molar-refractivity contribution is 0.0295. The molecule has 0 bridgehead atoms. The topological polar surface area (TPSA) is 121 Å². The Morgan fingerprint density at radius 2 is 1.97 bits per heavy atom. The molecule has 1 amide bonds. The second kappa shape index (κ2) is 11.1. The number of fused-ring (bicyclic) bond motifs is 1. The van der Waals surface area contributed by atoms with E-state index in [1.165, 1.54) is 4.52 Å². The average Bonchev–Trinajstić information content (AvgIpc) is 3.36. The maximum Gasteiger partial charge on any atom is 0.293 e. The number of anilines is 1. The summed E-state index contributed by atoms with van der Waals surface area (Å²) in [5.41, 5.74) is 3.13. The van der Waals surface area contributed by atoms with Gasteiger partial charge in [0.25, 0.3) is 5.91 Å². The third kappa shape index (κ3) is 5.64. The third-order valence-electron chi connectivity index (χ3n) is 5.87. The van der Waals surface area contributed by atoms with Gasteiger partial charge in [0, 0.05) is 48.2 Å². The van der Waals surface area contributed by atoms with Crippen molar-refractivity contribution in [1.29, 1.82) is 5.26 Å². The number of nitrogens with one attached hydrogen (secondary N) is 1. The van der Waals surface area contributed by atoms with Gasteiger partial charge in [-0.1, -0.05) is 23.2 Å². The minimum atomic E-state index is -0.254. The van der Waals surface area contributed by atoms with Crippen LogP contribution in [0.4, 0.5) is 5.95 Å². The molecule has 1 fully saturated rings. The van der Waals surface area contributed by atoms with E-state index in [-0.39, 0.29) is 11.7 Å². The predicted molar refractivity (Wildman–Crippen MR) is 139 cm³/mol. The summed E-state index contributed by atoms with van der Waals surface area (Å²) in [5, 5.41) is 17.7. The van der Waals surface area contributed by atoms with Gasteiger partial charge in [-0.2, -0.15) is 9.78 Å². The molecule has 188 valence electrons. The number of nitriles is 1. The number of carbonyl (C=O) groups excluding carboxylic acids is 1. The first-order valence-electron chi connectivity index (χ1n) is 11.7. The molecule has 10 nitrogen and oxygen atoms in total. The van der Waals surface area contributed by atoms with Crippen LogP contribution >= 0.6 is 23.2 Å². The predicted octanol–water partition coefficient (Wildman–Crippen LogP) is 3.88. The molecule has 1 aliphatic heterocycles. The van der Waals surface area contributed by atoms with E-state index in [0.717, 1.165) is 12.1 Å². The zero-order valence-electron chi connectivity index (χ0n) is 19.7. The maximum atomic E-state index is 13.0. The van der Waals surface area contributed by atoms with Gasteiger partial charge in [0.2, 0.25) is 11.8 Å². The molecule has 5 rings (SSSR count). The van der Waals surface area contributed by atoms with E-state index < -0.39 is 0 Å². The van der Waals surface area contributed by atoms with E-state index in [4.69, 9.17) is 38.2 Å². The number of nitrogens with zero attached hydrogens (tertiary/aromatic N) is 7. The van der Waals surface area contributed by atoms with E-state index in [1.54, 1.807) is 41.4 Å². The van der Waals surface area contributed by atoms with Gasteiger partial charge in [-0.15, -0.1) is 5.10 Å². The number of rotatable bonds is 7. The van der Waals surface area contributed by atoms with Crippen LogP contribution < -0.4 is 5.32 Å². The van der Waals surface area contributed by atoms with Crippen LogP contribution in [0.2, 0.25) is 10.0 Å². The van der Waals surface area contributed by atoms with Crippen LogP contribution in [0.5, 0.6) is 0 Å². The highest BCUT2D eigenvalue weighted by Crippen LogP contribution is 2.30. The number of carbonyl (C=O) groups is 1. The first kappa shape index (κ1) is 24.9. The normalized spacial score (nSPS) is 13.5. The molecule has 1 saturated heterocycles. The van der Waals surface area contributed by atoms with E-state index >= 15 is 0 Å². The van der Waals surface area contributed by atoms with Crippen molar-refractivity contribution in [3.05, 3.63) is 69.7 Å². The van der Waals surface area contributed by atoms with Gasteiger partial charge in [-0.25, -0.2) is 9.97 Å². The van der Waals surface area contributed by atoms with Crippen LogP contribution in [0.15, 0.2) is 42.6 Å². The fraction of sp³-hybridized carbons (Fsp3) is 0.280. The summed E-state index contributed by atoms with van der Waals surface area (Å²) < 4.78 is 6.87. The highest BCUT2D eigenvalue weighted by atomic mass is 35.5. The Balaban J connectivity index is 1.42. The molecule has 0 atom stereocenters. The molecule has 4 heterocycles. The van der Waals surface area contributed by atoms with E-state index in [0.29, 0.717) is 77.7 Å². The molecule has 37 heavy (non-hydrogen) atoms. The fourth-order valence-electron chi connectivity index (χ4n) is 3.95. The highest BCUT2D eigenvalue weighted by molar-refractivity contribution is 6.36. The van der Waals surface area contributed by atoms with Crippen molar-refractivity contribution in [3.8, 4) is 17.3 Å². The number of ether oxygens (including phenoxy) is 1. The summed E-state index contributed by atoms with van der Waals surface area (Å²) >= 11 is 12.5. The van der Waals surface area contributed by atoms with Crippen LogP contribution in [0.25, 0.3) is 16.9 Å². The minimum Gasteiger partial charge on any atom is -0.378 e. The highest BCUT2D eigenvalue weighted by Gasteiger charge is 2.24. The number of benzene rings is 1. The number of halogens is 2. The molecule has 12 heteroatoms. The van der Waals surface area contributed by atoms with Gasteiger partial charge >= 0.3 is 0 Å².